The maximum atomic E-state index is 9.32. The SMILES string of the molecule is N#C[C@@H]1C[C@H]2C[C@H]1C[C@@H]2O. The van der Waals surface area contributed by atoms with Gasteiger partial charge in [-0.2, -0.15) is 5.26 Å². The Hall–Kier alpha value is -0.550. The van der Waals surface area contributed by atoms with Crippen LogP contribution in [-0.2, 0) is 0 Å². The van der Waals surface area contributed by atoms with Crippen LogP contribution in [0.15, 0.2) is 0 Å². The molecule has 0 spiro atoms. The molecule has 1 N–H and O–H groups in total. The molecule has 0 heterocycles. The van der Waals surface area contributed by atoms with Gasteiger partial charge in [0.05, 0.1) is 12.2 Å². The molecule has 2 saturated carbocycles. The summed E-state index contributed by atoms with van der Waals surface area (Å²) in [5, 5.41) is 18.0. The van der Waals surface area contributed by atoms with Crippen LogP contribution >= 0.6 is 0 Å². The number of aliphatic hydroxyl groups excluding tert-OH is 1. The van der Waals surface area contributed by atoms with Gasteiger partial charge in [-0.05, 0) is 31.1 Å². The first-order valence-electron chi connectivity index (χ1n) is 3.89. The van der Waals surface area contributed by atoms with Crippen LogP contribution in [-0.4, -0.2) is 11.2 Å². The Kier molecular flexibility index (Phi) is 1.21. The predicted molar refractivity (Wildman–Crippen MR) is 35.9 cm³/mol. The zero-order valence-corrected chi connectivity index (χ0v) is 5.83. The summed E-state index contributed by atoms with van der Waals surface area (Å²) in [6.07, 6.45) is 2.83. The molecule has 0 radical (unpaired) electrons. The minimum absolute atomic E-state index is 0.0883. The van der Waals surface area contributed by atoms with Crippen LogP contribution in [0.1, 0.15) is 19.3 Å². The minimum atomic E-state index is -0.0883. The molecule has 0 aromatic rings. The van der Waals surface area contributed by atoms with E-state index in [4.69, 9.17) is 5.26 Å². The van der Waals surface area contributed by atoms with Gasteiger partial charge in [-0.25, -0.2) is 0 Å². The predicted octanol–water partition coefficient (Wildman–Crippen LogP) is 0.917. The molecule has 0 aromatic carbocycles. The first-order chi connectivity index (χ1) is 4.81. The Balaban J connectivity index is 2.11. The highest BCUT2D eigenvalue weighted by molar-refractivity contribution is 5.03. The van der Waals surface area contributed by atoms with Gasteiger partial charge in [-0.3, -0.25) is 0 Å². The van der Waals surface area contributed by atoms with Crippen LogP contribution in [0.5, 0.6) is 0 Å². The number of hydrogen-bond acceptors (Lipinski definition) is 2. The summed E-state index contributed by atoms with van der Waals surface area (Å²) in [5.74, 6) is 1.23. The lowest BCUT2D eigenvalue weighted by Gasteiger charge is -2.18. The second-order valence-electron chi connectivity index (χ2n) is 3.53. The Morgan fingerprint density at radius 3 is 2.40 bits per heavy atom. The van der Waals surface area contributed by atoms with Gasteiger partial charge in [0.15, 0.2) is 0 Å². The van der Waals surface area contributed by atoms with Crippen molar-refractivity contribution in [1.82, 2.24) is 0 Å². The van der Waals surface area contributed by atoms with Crippen molar-refractivity contribution in [2.24, 2.45) is 17.8 Å². The quantitative estimate of drug-likeness (QED) is 0.539. The number of nitrogens with zero attached hydrogens (tertiary/aromatic N) is 1. The maximum Gasteiger partial charge on any atom is 0.0658 e. The van der Waals surface area contributed by atoms with Crippen LogP contribution in [0.4, 0.5) is 0 Å². The number of nitriles is 1. The van der Waals surface area contributed by atoms with Gasteiger partial charge < -0.3 is 5.11 Å². The molecule has 4 atom stereocenters. The third-order valence-corrected chi connectivity index (χ3v) is 2.99. The molecule has 2 rings (SSSR count). The van der Waals surface area contributed by atoms with E-state index in [0.717, 1.165) is 19.3 Å². The molecule has 2 bridgehead atoms. The van der Waals surface area contributed by atoms with Crippen molar-refractivity contribution in [3.05, 3.63) is 0 Å². The van der Waals surface area contributed by atoms with E-state index in [1.54, 1.807) is 0 Å². The van der Waals surface area contributed by atoms with E-state index in [-0.39, 0.29) is 12.0 Å². The summed E-state index contributed by atoms with van der Waals surface area (Å²) in [6, 6.07) is 2.30. The normalized spacial score (nSPS) is 51.2. The van der Waals surface area contributed by atoms with E-state index >= 15 is 0 Å². The number of hydrogen-bond donors (Lipinski definition) is 1. The van der Waals surface area contributed by atoms with Gasteiger partial charge in [0.25, 0.3) is 0 Å². The second-order valence-corrected chi connectivity index (χ2v) is 3.53. The lowest BCUT2D eigenvalue weighted by Crippen LogP contribution is -2.20. The Bertz CT molecular complexity index is 182. The van der Waals surface area contributed by atoms with Crippen molar-refractivity contribution in [2.75, 3.05) is 0 Å². The molecule has 10 heavy (non-hydrogen) atoms. The maximum absolute atomic E-state index is 9.32. The molecule has 2 heteroatoms. The average Bonchev–Trinajstić information content (AvgIpc) is 2.44. The fourth-order valence-electron chi connectivity index (χ4n) is 2.40. The molecule has 2 aliphatic carbocycles. The van der Waals surface area contributed by atoms with Crippen molar-refractivity contribution < 1.29 is 5.11 Å². The molecule has 0 aliphatic heterocycles. The lowest BCUT2D eigenvalue weighted by molar-refractivity contribution is 0.104. The smallest absolute Gasteiger partial charge is 0.0658 e. The van der Waals surface area contributed by atoms with E-state index < -0.39 is 0 Å². The first-order valence-corrected chi connectivity index (χ1v) is 3.89. The van der Waals surface area contributed by atoms with Gasteiger partial charge >= 0.3 is 0 Å². The molecule has 2 aliphatic rings. The van der Waals surface area contributed by atoms with Crippen molar-refractivity contribution in [3.63, 3.8) is 0 Å². The fraction of sp³-hybridized carbons (Fsp3) is 0.875. The van der Waals surface area contributed by atoms with Crippen molar-refractivity contribution in [1.29, 1.82) is 5.26 Å². The van der Waals surface area contributed by atoms with E-state index in [1.807, 2.05) is 0 Å². The van der Waals surface area contributed by atoms with Gasteiger partial charge in [-0.1, -0.05) is 0 Å². The van der Waals surface area contributed by atoms with Crippen LogP contribution in [0, 0.1) is 29.1 Å². The number of aliphatic hydroxyl groups is 1. The molecule has 2 fully saturated rings. The summed E-state index contributed by atoms with van der Waals surface area (Å²) in [4.78, 5) is 0. The molecule has 0 amide bonds. The van der Waals surface area contributed by atoms with Crippen molar-refractivity contribution in [3.8, 4) is 6.07 Å². The molecule has 0 saturated heterocycles. The molecule has 54 valence electrons. The molecular weight excluding hydrogens is 126 g/mol. The third kappa shape index (κ3) is 0.674. The molecule has 0 aromatic heterocycles. The average molecular weight is 137 g/mol. The van der Waals surface area contributed by atoms with Crippen LogP contribution in [0.2, 0.25) is 0 Å². The summed E-state index contributed by atoms with van der Waals surface area (Å²) < 4.78 is 0. The highest BCUT2D eigenvalue weighted by Gasteiger charge is 2.45. The topological polar surface area (TPSA) is 44.0 Å². The first kappa shape index (κ1) is 6.18. The zero-order chi connectivity index (χ0) is 7.14. The number of fused-ring (bicyclic) bond motifs is 2. The Labute approximate surface area is 60.5 Å². The minimum Gasteiger partial charge on any atom is -0.393 e. The Morgan fingerprint density at radius 1 is 1.20 bits per heavy atom. The highest BCUT2D eigenvalue weighted by Crippen LogP contribution is 2.47. The van der Waals surface area contributed by atoms with Gasteiger partial charge in [-0.15, -0.1) is 0 Å². The van der Waals surface area contributed by atoms with Crippen LogP contribution in [0.3, 0.4) is 0 Å². The van der Waals surface area contributed by atoms with Crippen LogP contribution in [0.25, 0.3) is 0 Å². The highest BCUT2D eigenvalue weighted by atomic mass is 16.3. The van der Waals surface area contributed by atoms with Gasteiger partial charge in [0, 0.05) is 5.92 Å². The van der Waals surface area contributed by atoms with E-state index in [2.05, 4.69) is 6.07 Å². The summed E-state index contributed by atoms with van der Waals surface area (Å²) in [6.45, 7) is 0. The van der Waals surface area contributed by atoms with Gasteiger partial charge in [0.2, 0.25) is 0 Å². The summed E-state index contributed by atoms with van der Waals surface area (Å²) >= 11 is 0. The summed E-state index contributed by atoms with van der Waals surface area (Å²) in [7, 11) is 0. The molecular formula is C8H11NO. The largest absolute Gasteiger partial charge is 0.393 e. The van der Waals surface area contributed by atoms with E-state index in [9.17, 15) is 5.11 Å². The van der Waals surface area contributed by atoms with E-state index in [0.29, 0.717) is 11.8 Å². The van der Waals surface area contributed by atoms with Crippen molar-refractivity contribution in [2.45, 2.75) is 25.4 Å². The lowest BCUT2D eigenvalue weighted by atomic mass is 9.88. The van der Waals surface area contributed by atoms with E-state index in [1.165, 1.54) is 0 Å². The Morgan fingerprint density at radius 2 is 2.00 bits per heavy atom. The second kappa shape index (κ2) is 1.96. The van der Waals surface area contributed by atoms with Gasteiger partial charge in [0.1, 0.15) is 0 Å². The fourth-order valence-corrected chi connectivity index (χ4v) is 2.40. The molecule has 0 unspecified atom stereocenters. The molecule has 2 nitrogen and oxygen atoms in total. The van der Waals surface area contributed by atoms with Crippen molar-refractivity contribution >= 4 is 0 Å². The summed E-state index contributed by atoms with van der Waals surface area (Å²) in [5.41, 5.74) is 0. The standard InChI is InChI=1S/C8H11NO/c9-4-7-2-6-1-5(7)3-8(6)10/h5-8,10H,1-3H2/t5-,6+,7-,8-/m0/s1. The zero-order valence-electron chi connectivity index (χ0n) is 5.83. The third-order valence-electron chi connectivity index (χ3n) is 2.99. The monoisotopic (exact) mass is 137 g/mol. The number of rotatable bonds is 0. The van der Waals surface area contributed by atoms with Crippen LogP contribution < -0.4 is 0 Å².